The van der Waals surface area contributed by atoms with Crippen molar-refractivity contribution < 1.29 is 4.42 Å². The molecule has 4 aliphatic carbocycles. The van der Waals surface area contributed by atoms with Crippen LogP contribution in [0.25, 0.3) is 11.0 Å². The Kier molecular flexibility index (Phi) is 3.38. The van der Waals surface area contributed by atoms with E-state index in [1.165, 1.54) is 49.5 Å². The number of fused-ring (bicyclic) bond motifs is 1. The third-order valence-corrected chi connectivity index (χ3v) is 7.02. The second-order valence-electron chi connectivity index (χ2n) is 8.27. The van der Waals surface area contributed by atoms with Crippen LogP contribution in [0.5, 0.6) is 0 Å². The normalized spacial score (nSPS) is 35.3. The summed E-state index contributed by atoms with van der Waals surface area (Å²) >= 11 is 3.47. The predicted molar refractivity (Wildman–Crippen MR) is 96.6 cm³/mol. The third kappa shape index (κ3) is 2.56. The molecule has 23 heavy (non-hydrogen) atoms. The maximum atomic E-state index is 5.78. The SMILES string of the molecule is BrCc1cc2cc(CNC34CC5CC(CC(C5)C3)C4)ccc2o1. The molecule has 1 aromatic heterocycles. The number of rotatable bonds is 4. The van der Waals surface area contributed by atoms with Crippen molar-refractivity contribution in [2.75, 3.05) is 0 Å². The summed E-state index contributed by atoms with van der Waals surface area (Å²) < 4.78 is 5.78. The zero-order chi connectivity index (χ0) is 15.4. The number of furan rings is 1. The minimum Gasteiger partial charge on any atom is -0.460 e. The molecule has 1 aromatic carbocycles. The molecule has 0 aliphatic heterocycles. The summed E-state index contributed by atoms with van der Waals surface area (Å²) in [6.45, 7) is 0.997. The molecule has 0 saturated heterocycles. The van der Waals surface area contributed by atoms with Gasteiger partial charge in [0.2, 0.25) is 0 Å². The molecule has 2 nitrogen and oxygen atoms in total. The molecule has 6 rings (SSSR count). The van der Waals surface area contributed by atoms with E-state index in [1.807, 2.05) is 0 Å². The van der Waals surface area contributed by atoms with Gasteiger partial charge in [-0.2, -0.15) is 0 Å². The standard InChI is InChI=1S/C20H24BrNO/c21-11-18-7-17-6-13(1-2-19(17)23-18)12-22-20-8-14-3-15(9-20)5-16(4-14)10-20/h1-2,6-7,14-16,22H,3-5,8-12H2. The predicted octanol–water partition coefficient (Wildman–Crippen LogP) is 5.39. The van der Waals surface area contributed by atoms with Crippen molar-refractivity contribution in [2.24, 2.45) is 17.8 Å². The minimum atomic E-state index is 0.446. The van der Waals surface area contributed by atoms with Crippen molar-refractivity contribution in [1.29, 1.82) is 0 Å². The molecule has 0 unspecified atom stereocenters. The largest absolute Gasteiger partial charge is 0.460 e. The lowest BCUT2D eigenvalue weighted by Gasteiger charge is -2.57. The molecule has 3 heteroatoms. The van der Waals surface area contributed by atoms with Gasteiger partial charge in [-0.1, -0.05) is 22.0 Å². The molecule has 1 N–H and O–H groups in total. The van der Waals surface area contributed by atoms with Gasteiger partial charge in [-0.05, 0) is 80.0 Å². The van der Waals surface area contributed by atoms with Crippen molar-refractivity contribution in [3.8, 4) is 0 Å². The number of hydrogen-bond acceptors (Lipinski definition) is 2. The molecule has 122 valence electrons. The van der Waals surface area contributed by atoms with Gasteiger partial charge in [0.05, 0.1) is 5.33 Å². The molecule has 4 aliphatic rings. The fourth-order valence-electron chi connectivity index (χ4n) is 5.94. The molecular formula is C20H24BrNO. The Morgan fingerprint density at radius 2 is 1.74 bits per heavy atom. The van der Waals surface area contributed by atoms with Gasteiger partial charge in [0.25, 0.3) is 0 Å². The summed E-state index contributed by atoms with van der Waals surface area (Å²) in [6.07, 6.45) is 8.79. The zero-order valence-electron chi connectivity index (χ0n) is 13.5. The summed E-state index contributed by atoms with van der Waals surface area (Å²) in [5, 5.41) is 6.00. The lowest BCUT2D eigenvalue weighted by atomic mass is 9.53. The van der Waals surface area contributed by atoms with Gasteiger partial charge in [0.1, 0.15) is 11.3 Å². The van der Waals surface area contributed by atoms with E-state index in [0.29, 0.717) is 5.54 Å². The highest BCUT2D eigenvalue weighted by Crippen LogP contribution is 2.55. The van der Waals surface area contributed by atoms with Gasteiger partial charge in [-0.3, -0.25) is 0 Å². The van der Waals surface area contributed by atoms with Crippen molar-refractivity contribution in [1.82, 2.24) is 5.32 Å². The summed E-state index contributed by atoms with van der Waals surface area (Å²) in [7, 11) is 0. The first kappa shape index (κ1) is 14.5. The summed E-state index contributed by atoms with van der Waals surface area (Å²) in [5.74, 6) is 4.02. The molecule has 4 bridgehead atoms. The van der Waals surface area contributed by atoms with Crippen LogP contribution < -0.4 is 5.32 Å². The number of alkyl halides is 1. The summed E-state index contributed by atoms with van der Waals surface area (Å²) in [5.41, 5.74) is 2.83. The average Bonchev–Trinajstić information content (AvgIpc) is 2.94. The lowest BCUT2D eigenvalue weighted by molar-refractivity contribution is -0.0205. The minimum absolute atomic E-state index is 0.446. The van der Waals surface area contributed by atoms with Crippen molar-refractivity contribution in [3.63, 3.8) is 0 Å². The molecule has 4 saturated carbocycles. The number of halogens is 1. The molecule has 0 spiro atoms. The first-order valence-corrected chi connectivity index (χ1v) is 10.2. The smallest absolute Gasteiger partial charge is 0.134 e. The molecule has 1 heterocycles. The lowest BCUT2D eigenvalue weighted by Crippen LogP contribution is -2.58. The van der Waals surface area contributed by atoms with Crippen molar-refractivity contribution in [2.45, 2.75) is 55.9 Å². The molecule has 0 atom stereocenters. The molecule has 4 fully saturated rings. The maximum Gasteiger partial charge on any atom is 0.134 e. The van der Waals surface area contributed by atoms with Gasteiger partial charge < -0.3 is 9.73 Å². The molecule has 0 amide bonds. The van der Waals surface area contributed by atoms with Crippen LogP contribution in [0.1, 0.15) is 49.8 Å². The van der Waals surface area contributed by atoms with Crippen LogP contribution in [0.4, 0.5) is 0 Å². The van der Waals surface area contributed by atoms with Crippen LogP contribution in [0.3, 0.4) is 0 Å². The second-order valence-corrected chi connectivity index (χ2v) is 8.83. The highest BCUT2D eigenvalue weighted by molar-refractivity contribution is 9.08. The average molecular weight is 374 g/mol. The fraction of sp³-hybridized carbons (Fsp3) is 0.600. The maximum absolute atomic E-state index is 5.78. The molecule has 2 aromatic rings. The van der Waals surface area contributed by atoms with E-state index in [1.54, 1.807) is 0 Å². The van der Waals surface area contributed by atoms with Gasteiger partial charge in [-0.25, -0.2) is 0 Å². The molecule has 0 radical (unpaired) electrons. The third-order valence-electron chi connectivity index (χ3n) is 6.47. The Bertz CT molecular complexity index is 699. The summed E-state index contributed by atoms with van der Waals surface area (Å²) in [4.78, 5) is 0. The van der Waals surface area contributed by atoms with Crippen LogP contribution in [-0.4, -0.2) is 5.54 Å². The van der Waals surface area contributed by atoms with E-state index >= 15 is 0 Å². The highest BCUT2D eigenvalue weighted by atomic mass is 79.9. The van der Waals surface area contributed by atoms with Crippen molar-refractivity contribution in [3.05, 3.63) is 35.6 Å². The topological polar surface area (TPSA) is 25.2 Å². The Labute approximate surface area is 146 Å². The van der Waals surface area contributed by atoms with Crippen molar-refractivity contribution >= 4 is 26.9 Å². The van der Waals surface area contributed by atoms with E-state index in [4.69, 9.17) is 4.42 Å². The van der Waals surface area contributed by atoms with Crippen LogP contribution in [0.2, 0.25) is 0 Å². The number of hydrogen-bond donors (Lipinski definition) is 1. The van der Waals surface area contributed by atoms with E-state index in [0.717, 1.165) is 41.0 Å². The van der Waals surface area contributed by atoms with Gasteiger partial charge in [0, 0.05) is 17.5 Å². The highest BCUT2D eigenvalue weighted by Gasteiger charge is 2.50. The van der Waals surface area contributed by atoms with E-state index in [9.17, 15) is 0 Å². The number of nitrogens with one attached hydrogen (secondary N) is 1. The Morgan fingerprint density at radius 1 is 1.04 bits per heavy atom. The van der Waals surface area contributed by atoms with Crippen LogP contribution in [0, 0.1) is 17.8 Å². The quantitative estimate of drug-likeness (QED) is 0.727. The van der Waals surface area contributed by atoms with E-state index in [2.05, 4.69) is 45.5 Å². The molecular weight excluding hydrogens is 350 g/mol. The number of benzene rings is 1. The first-order chi connectivity index (χ1) is 11.2. The Hall–Kier alpha value is -0.800. The Balaban J connectivity index is 1.34. The Morgan fingerprint density at radius 3 is 2.39 bits per heavy atom. The fourth-order valence-corrected chi connectivity index (χ4v) is 6.22. The van der Waals surface area contributed by atoms with Crippen LogP contribution >= 0.6 is 15.9 Å². The zero-order valence-corrected chi connectivity index (χ0v) is 15.1. The van der Waals surface area contributed by atoms with Crippen LogP contribution in [0.15, 0.2) is 28.7 Å². The van der Waals surface area contributed by atoms with Crippen LogP contribution in [-0.2, 0) is 11.9 Å². The summed E-state index contributed by atoms with van der Waals surface area (Å²) in [6, 6.07) is 8.78. The van der Waals surface area contributed by atoms with Gasteiger partial charge in [0.15, 0.2) is 0 Å². The van der Waals surface area contributed by atoms with Gasteiger partial charge >= 0.3 is 0 Å². The van der Waals surface area contributed by atoms with Gasteiger partial charge in [-0.15, -0.1) is 0 Å². The van der Waals surface area contributed by atoms with E-state index < -0.39 is 0 Å². The first-order valence-electron chi connectivity index (χ1n) is 9.04. The second kappa shape index (κ2) is 5.35. The monoisotopic (exact) mass is 373 g/mol. The van der Waals surface area contributed by atoms with E-state index in [-0.39, 0.29) is 0 Å².